The van der Waals surface area contributed by atoms with Crippen LogP contribution in [-0.4, -0.2) is 17.2 Å². The Hall–Kier alpha value is -2.62. The van der Waals surface area contributed by atoms with E-state index in [1.807, 2.05) is 71.9 Å². The number of phenols is 1. The third-order valence-corrected chi connectivity index (χ3v) is 4.17. The van der Waals surface area contributed by atoms with Gasteiger partial charge in [-0.25, -0.2) is 5.43 Å². The summed E-state index contributed by atoms with van der Waals surface area (Å²) in [5.41, 5.74) is 4.90. The third-order valence-electron chi connectivity index (χ3n) is 4.17. The van der Waals surface area contributed by atoms with Crippen molar-refractivity contribution in [2.75, 3.05) is 0 Å². The molecule has 4 nitrogen and oxygen atoms in total. The van der Waals surface area contributed by atoms with Crippen LogP contribution in [0.4, 0.5) is 0 Å². The molecule has 0 saturated heterocycles. The standard InChI is InChI=1S/C22H28N2O2/c1-21(2,3)17-12-16(13-18(19(17)25)22(4,5)6)20(26)24-23-14-15-10-8-7-9-11-15/h7-14,25H,1-6H3,(H,24,26). The highest BCUT2D eigenvalue weighted by Crippen LogP contribution is 2.39. The molecule has 0 aliphatic carbocycles. The lowest BCUT2D eigenvalue weighted by Crippen LogP contribution is -2.22. The van der Waals surface area contributed by atoms with Crippen LogP contribution in [0.25, 0.3) is 0 Å². The Kier molecular flexibility index (Phi) is 5.55. The van der Waals surface area contributed by atoms with Crippen LogP contribution >= 0.6 is 0 Å². The van der Waals surface area contributed by atoms with Gasteiger partial charge in [0.05, 0.1) is 6.21 Å². The summed E-state index contributed by atoms with van der Waals surface area (Å²) < 4.78 is 0. The van der Waals surface area contributed by atoms with Gasteiger partial charge in [-0.3, -0.25) is 4.79 Å². The highest BCUT2D eigenvalue weighted by molar-refractivity contribution is 5.95. The third kappa shape index (κ3) is 4.72. The maximum atomic E-state index is 12.6. The number of hydrazone groups is 1. The van der Waals surface area contributed by atoms with E-state index in [1.54, 1.807) is 18.3 Å². The number of hydrogen-bond donors (Lipinski definition) is 2. The molecule has 0 heterocycles. The largest absolute Gasteiger partial charge is 0.507 e. The van der Waals surface area contributed by atoms with E-state index in [1.165, 1.54) is 0 Å². The number of hydrogen-bond acceptors (Lipinski definition) is 3. The fourth-order valence-corrected chi connectivity index (χ4v) is 2.68. The van der Waals surface area contributed by atoms with Gasteiger partial charge in [-0.15, -0.1) is 0 Å². The molecule has 2 N–H and O–H groups in total. The predicted octanol–water partition coefficient (Wildman–Crippen LogP) is 4.75. The van der Waals surface area contributed by atoms with Crippen molar-refractivity contribution < 1.29 is 9.90 Å². The zero-order valence-electron chi connectivity index (χ0n) is 16.4. The van der Waals surface area contributed by atoms with Gasteiger partial charge in [0.15, 0.2) is 0 Å². The summed E-state index contributed by atoms with van der Waals surface area (Å²) in [4.78, 5) is 12.6. The van der Waals surface area contributed by atoms with E-state index in [-0.39, 0.29) is 22.5 Å². The topological polar surface area (TPSA) is 61.7 Å². The van der Waals surface area contributed by atoms with E-state index >= 15 is 0 Å². The number of amides is 1. The maximum absolute atomic E-state index is 12.6. The molecule has 0 unspecified atom stereocenters. The van der Waals surface area contributed by atoms with Gasteiger partial charge in [0.25, 0.3) is 5.91 Å². The number of nitrogens with one attached hydrogen (secondary N) is 1. The Bertz CT molecular complexity index is 775. The molecule has 0 aromatic heterocycles. The molecule has 0 atom stereocenters. The Balaban J connectivity index is 2.36. The highest BCUT2D eigenvalue weighted by Gasteiger charge is 2.27. The number of benzene rings is 2. The predicted molar refractivity (Wildman–Crippen MR) is 107 cm³/mol. The molecule has 2 aromatic rings. The van der Waals surface area contributed by atoms with Crippen molar-refractivity contribution in [2.45, 2.75) is 52.4 Å². The van der Waals surface area contributed by atoms with Crippen molar-refractivity contribution >= 4 is 12.1 Å². The van der Waals surface area contributed by atoms with Crippen molar-refractivity contribution in [3.05, 3.63) is 64.7 Å². The number of carbonyl (C=O) groups excluding carboxylic acids is 1. The summed E-state index contributed by atoms with van der Waals surface area (Å²) >= 11 is 0. The lowest BCUT2D eigenvalue weighted by atomic mass is 9.78. The van der Waals surface area contributed by atoms with Crippen LogP contribution in [0.3, 0.4) is 0 Å². The van der Waals surface area contributed by atoms with Crippen molar-refractivity contribution in [3.8, 4) is 5.75 Å². The Morgan fingerprint density at radius 1 is 0.962 bits per heavy atom. The quantitative estimate of drug-likeness (QED) is 0.618. The molecule has 138 valence electrons. The van der Waals surface area contributed by atoms with Gasteiger partial charge in [0.1, 0.15) is 5.75 Å². The second kappa shape index (κ2) is 7.32. The maximum Gasteiger partial charge on any atom is 0.271 e. The van der Waals surface area contributed by atoms with Crippen LogP contribution in [0.5, 0.6) is 5.75 Å². The minimum atomic E-state index is -0.298. The Morgan fingerprint density at radius 3 is 1.92 bits per heavy atom. The van der Waals surface area contributed by atoms with E-state index < -0.39 is 0 Å². The molecular formula is C22H28N2O2. The smallest absolute Gasteiger partial charge is 0.271 e. The molecule has 0 saturated carbocycles. The molecule has 2 rings (SSSR count). The average molecular weight is 352 g/mol. The molecule has 4 heteroatoms. The van der Waals surface area contributed by atoms with E-state index in [9.17, 15) is 9.90 Å². The van der Waals surface area contributed by atoms with Gasteiger partial charge < -0.3 is 5.11 Å². The van der Waals surface area contributed by atoms with Crippen molar-refractivity contribution in [1.82, 2.24) is 5.43 Å². The first-order valence-electron chi connectivity index (χ1n) is 8.76. The van der Waals surface area contributed by atoms with Crippen molar-refractivity contribution in [2.24, 2.45) is 5.10 Å². The molecular weight excluding hydrogens is 324 g/mol. The van der Waals surface area contributed by atoms with E-state index in [4.69, 9.17) is 0 Å². The number of nitrogens with zero attached hydrogens (tertiary/aromatic N) is 1. The van der Waals surface area contributed by atoms with Crippen LogP contribution in [0, 0.1) is 0 Å². The lowest BCUT2D eigenvalue weighted by molar-refractivity contribution is 0.0955. The second-order valence-corrected chi connectivity index (χ2v) is 8.53. The van der Waals surface area contributed by atoms with Gasteiger partial charge in [0.2, 0.25) is 0 Å². The van der Waals surface area contributed by atoms with Crippen LogP contribution in [0.2, 0.25) is 0 Å². The molecule has 0 fully saturated rings. The first-order chi connectivity index (χ1) is 12.0. The normalized spacial score (nSPS) is 12.4. The molecule has 0 radical (unpaired) electrons. The van der Waals surface area contributed by atoms with Crippen molar-refractivity contribution in [1.29, 1.82) is 0 Å². The van der Waals surface area contributed by atoms with Gasteiger partial charge in [-0.05, 0) is 28.5 Å². The van der Waals surface area contributed by atoms with Gasteiger partial charge in [-0.2, -0.15) is 5.10 Å². The molecule has 2 aromatic carbocycles. The summed E-state index contributed by atoms with van der Waals surface area (Å²) in [5.74, 6) is -0.0393. The number of aromatic hydroxyl groups is 1. The van der Waals surface area contributed by atoms with Gasteiger partial charge >= 0.3 is 0 Å². The fourth-order valence-electron chi connectivity index (χ4n) is 2.68. The molecule has 26 heavy (non-hydrogen) atoms. The Labute approximate surface area is 156 Å². The molecule has 0 bridgehead atoms. The molecule has 0 aliphatic heterocycles. The van der Waals surface area contributed by atoms with Gasteiger partial charge in [-0.1, -0.05) is 71.9 Å². The van der Waals surface area contributed by atoms with Crippen LogP contribution in [-0.2, 0) is 10.8 Å². The van der Waals surface area contributed by atoms with E-state index in [0.717, 1.165) is 16.7 Å². The fraction of sp³-hybridized carbons (Fsp3) is 0.364. The SMILES string of the molecule is CC(C)(C)c1cc(C(=O)NN=Cc2ccccc2)cc(C(C)(C)C)c1O. The van der Waals surface area contributed by atoms with Crippen molar-refractivity contribution in [3.63, 3.8) is 0 Å². The number of phenolic OH excluding ortho intramolecular Hbond substituents is 1. The second-order valence-electron chi connectivity index (χ2n) is 8.53. The monoisotopic (exact) mass is 352 g/mol. The van der Waals surface area contributed by atoms with Crippen LogP contribution < -0.4 is 5.43 Å². The lowest BCUT2D eigenvalue weighted by Gasteiger charge is -2.28. The van der Waals surface area contributed by atoms with E-state index in [0.29, 0.717) is 5.56 Å². The molecule has 0 spiro atoms. The average Bonchev–Trinajstić information content (AvgIpc) is 2.53. The first-order valence-corrected chi connectivity index (χ1v) is 8.76. The summed E-state index contributed by atoms with van der Waals surface area (Å²) in [6.07, 6.45) is 1.60. The summed E-state index contributed by atoms with van der Waals surface area (Å²) in [6.45, 7) is 12.1. The van der Waals surface area contributed by atoms with Crippen LogP contribution in [0.1, 0.15) is 68.6 Å². The first kappa shape index (κ1) is 19.7. The number of rotatable bonds is 3. The zero-order valence-corrected chi connectivity index (χ0v) is 16.4. The summed E-state index contributed by atoms with van der Waals surface area (Å²) in [5, 5.41) is 14.8. The van der Waals surface area contributed by atoms with Gasteiger partial charge in [0, 0.05) is 16.7 Å². The molecule has 1 amide bonds. The summed E-state index contributed by atoms with van der Waals surface area (Å²) in [6, 6.07) is 13.1. The molecule has 0 aliphatic rings. The Morgan fingerprint density at radius 2 is 1.46 bits per heavy atom. The minimum absolute atomic E-state index is 0.259. The highest BCUT2D eigenvalue weighted by atomic mass is 16.3. The van der Waals surface area contributed by atoms with E-state index in [2.05, 4.69) is 10.5 Å². The zero-order chi connectivity index (χ0) is 19.5. The van der Waals surface area contributed by atoms with Crippen LogP contribution in [0.15, 0.2) is 47.6 Å². The summed E-state index contributed by atoms with van der Waals surface area (Å²) in [7, 11) is 0. The minimum Gasteiger partial charge on any atom is -0.507 e. The number of carbonyl (C=O) groups is 1.